The number of amides is 2. The first kappa shape index (κ1) is 15.5. The Balaban J connectivity index is 2.17. The lowest BCUT2D eigenvalue weighted by molar-refractivity contribution is 0.262. The summed E-state index contributed by atoms with van der Waals surface area (Å²) in [5, 5.41) is 10.4. The molecule has 0 fully saturated rings. The third-order valence-corrected chi connectivity index (χ3v) is 3.34. The van der Waals surface area contributed by atoms with Crippen molar-refractivity contribution in [1.29, 1.82) is 0 Å². The van der Waals surface area contributed by atoms with Crippen molar-refractivity contribution in [3.8, 4) is 5.88 Å². The molecule has 2 aromatic rings. The Morgan fingerprint density at radius 2 is 2.05 bits per heavy atom. The fraction of sp³-hybridized carbons (Fsp3) is 0.231. The van der Waals surface area contributed by atoms with Gasteiger partial charge in [-0.05, 0) is 25.1 Å². The summed E-state index contributed by atoms with van der Waals surface area (Å²) in [5.41, 5.74) is 1.56. The predicted molar refractivity (Wildman–Crippen MR) is 83.6 cm³/mol. The Bertz CT molecular complexity index is 685. The van der Waals surface area contributed by atoms with Crippen LogP contribution < -0.4 is 15.4 Å². The van der Waals surface area contributed by atoms with E-state index in [0.717, 1.165) is 0 Å². The van der Waals surface area contributed by atoms with Crippen LogP contribution in [0.25, 0.3) is 0 Å². The molecule has 8 heteroatoms. The molecule has 2 rings (SSSR count). The van der Waals surface area contributed by atoms with Crippen LogP contribution in [0.3, 0.4) is 0 Å². The summed E-state index contributed by atoms with van der Waals surface area (Å²) >= 11 is 11.9. The zero-order valence-electron chi connectivity index (χ0n) is 11.7. The van der Waals surface area contributed by atoms with E-state index in [1.54, 1.807) is 32.2 Å². The molecule has 0 bridgehead atoms. The molecule has 1 aromatic heterocycles. The standard InChI is InChI=1S/C13H14Cl2N4O2/c1-7-11(12(21-3)19(2)18-7)17-13(20)16-10-6-8(14)4-5-9(10)15/h4-6H,1-3H3,(H2,16,17,20). The number of carbonyl (C=O) groups is 1. The molecule has 2 N–H and O–H groups in total. The number of methoxy groups -OCH3 is 1. The van der Waals surface area contributed by atoms with Crippen molar-refractivity contribution < 1.29 is 9.53 Å². The zero-order chi connectivity index (χ0) is 15.6. The summed E-state index contributed by atoms with van der Waals surface area (Å²) in [5.74, 6) is 0.458. The molecular formula is C13H14Cl2N4O2. The molecule has 1 heterocycles. The maximum absolute atomic E-state index is 12.1. The van der Waals surface area contributed by atoms with Gasteiger partial charge in [0.25, 0.3) is 0 Å². The van der Waals surface area contributed by atoms with Gasteiger partial charge in [-0.15, -0.1) is 0 Å². The first-order valence-electron chi connectivity index (χ1n) is 6.03. The van der Waals surface area contributed by atoms with Gasteiger partial charge in [0.2, 0.25) is 5.88 Å². The molecule has 6 nitrogen and oxygen atoms in total. The SMILES string of the molecule is COc1c(NC(=O)Nc2cc(Cl)ccc2Cl)c(C)nn1C. The summed E-state index contributed by atoms with van der Waals surface area (Å²) in [6.07, 6.45) is 0. The number of nitrogens with zero attached hydrogens (tertiary/aromatic N) is 2. The number of aryl methyl sites for hydroxylation is 2. The highest BCUT2D eigenvalue weighted by Gasteiger charge is 2.17. The molecule has 112 valence electrons. The maximum Gasteiger partial charge on any atom is 0.323 e. The van der Waals surface area contributed by atoms with Crippen LogP contribution in [0, 0.1) is 6.92 Å². The van der Waals surface area contributed by atoms with Gasteiger partial charge in [-0.25, -0.2) is 9.48 Å². The monoisotopic (exact) mass is 328 g/mol. The van der Waals surface area contributed by atoms with Crippen LogP contribution in [0.2, 0.25) is 10.0 Å². The highest BCUT2D eigenvalue weighted by molar-refractivity contribution is 6.35. The van der Waals surface area contributed by atoms with Crippen molar-refractivity contribution in [2.24, 2.45) is 7.05 Å². The summed E-state index contributed by atoms with van der Waals surface area (Å²) in [6.45, 7) is 1.77. The number of carbonyl (C=O) groups excluding carboxylic acids is 1. The highest BCUT2D eigenvalue weighted by atomic mass is 35.5. The molecule has 0 spiro atoms. The van der Waals surface area contributed by atoms with E-state index in [0.29, 0.717) is 33.0 Å². The second kappa shape index (κ2) is 6.24. The number of halogens is 2. The first-order chi connectivity index (χ1) is 9.92. The van der Waals surface area contributed by atoms with Crippen LogP contribution in [0.5, 0.6) is 5.88 Å². The molecule has 0 radical (unpaired) electrons. The van der Waals surface area contributed by atoms with Crippen LogP contribution in [0.1, 0.15) is 5.69 Å². The molecule has 2 amide bonds. The number of anilines is 2. The van der Waals surface area contributed by atoms with Crippen molar-refractivity contribution in [1.82, 2.24) is 9.78 Å². The van der Waals surface area contributed by atoms with E-state index in [9.17, 15) is 4.79 Å². The van der Waals surface area contributed by atoms with Crippen molar-refractivity contribution in [3.05, 3.63) is 33.9 Å². The van der Waals surface area contributed by atoms with Crippen molar-refractivity contribution in [2.75, 3.05) is 17.7 Å². The van der Waals surface area contributed by atoms with Gasteiger partial charge in [-0.2, -0.15) is 5.10 Å². The normalized spacial score (nSPS) is 10.3. The van der Waals surface area contributed by atoms with Crippen molar-refractivity contribution in [3.63, 3.8) is 0 Å². The molecule has 21 heavy (non-hydrogen) atoms. The summed E-state index contributed by atoms with van der Waals surface area (Å²) < 4.78 is 6.74. The number of hydrogen-bond donors (Lipinski definition) is 2. The van der Waals surface area contributed by atoms with Gasteiger partial charge in [0.05, 0.1) is 23.5 Å². The highest BCUT2D eigenvalue weighted by Crippen LogP contribution is 2.28. The Hall–Kier alpha value is -1.92. The van der Waals surface area contributed by atoms with Crippen LogP contribution >= 0.6 is 23.2 Å². The lowest BCUT2D eigenvalue weighted by atomic mass is 10.3. The number of aromatic nitrogens is 2. The van der Waals surface area contributed by atoms with Crippen LogP contribution in [0.4, 0.5) is 16.2 Å². The molecule has 1 aromatic carbocycles. The third kappa shape index (κ3) is 3.40. The lowest BCUT2D eigenvalue weighted by Crippen LogP contribution is -2.20. The Morgan fingerprint density at radius 3 is 2.71 bits per heavy atom. The summed E-state index contributed by atoms with van der Waals surface area (Å²) in [6, 6.07) is 4.35. The minimum Gasteiger partial charge on any atom is -0.480 e. The molecular weight excluding hydrogens is 315 g/mol. The Kier molecular flexibility index (Phi) is 4.59. The average Bonchev–Trinajstić information content (AvgIpc) is 2.68. The Morgan fingerprint density at radius 1 is 1.33 bits per heavy atom. The molecule has 0 unspecified atom stereocenters. The van der Waals surface area contributed by atoms with Crippen molar-refractivity contribution in [2.45, 2.75) is 6.92 Å². The molecule has 0 aliphatic carbocycles. The van der Waals surface area contributed by atoms with E-state index >= 15 is 0 Å². The van der Waals surface area contributed by atoms with Gasteiger partial charge in [0, 0.05) is 12.1 Å². The minimum atomic E-state index is -0.464. The summed E-state index contributed by atoms with van der Waals surface area (Å²) in [4.78, 5) is 12.1. The number of urea groups is 1. The largest absolute Gasteiger partial charge is 0.480 e. The van der Waals surface area contributed by atoms with E-state index in [1.807, 2.05) is 0 Å². The van der Waals surface area contributed by atoms with Gasteiger partial charge in [0.1, 0.15) is 5.69 Å². The van der Waals surface area contributed by atoms with E-state index in [-0.39, 0.29) is 0 Å². The number of ether oxygens (including phenoxy) is 1. The molecule has 0 saturated heterocycles. The number of rotatable bonds is 3. The van der Waals surface area contributed by atoms with Gasteiger partial charge in [0.15, 0.2) is 0 Å². The zero-order valence-corrected chi connectivity index (χ0v) is 13.2. The number of benzene rings is 1. The molecule has 0 aliphatic heterocycles. The van der Waals surface area contributed by atoms with Crippen LogP contribution in [-0.4, -0.2) is 22.9 Å². The molecule has 0 saturated carbocycles. The van der Waals surface area contributed by atoms with Crippen molar-refractivity contribution >= 4 is 40.6 Å². The minimum absolute atomic E-state index is 0.393. The summed E-state index contributed by atoms with van der Waals surface area (Å²) in [7, 11) is 3.23. The van der Waals surface area contributed by atoms with E-state index in [1.165, 1.54) is 11.8 Å². The number of hydrogen-bond acceptors (Lipinski definition) is 3. The van der Waals surface area contributed by atoms with Crippen LogP contribution in [-0.2, 0) is 7.05 Å². The lowest BCUT2D eigenvalue weighted by Gasteiger charge is -2.10. The smallest absolute Gasteiger partial charge is 0.323 e. The Labute approximate surface area is 132 Å². The maximum atomic E-state index is 12.1. The second-order valence-corrected chi connectivity index (χ2v) is 5.14. The van der Waals surface area contributed by atoms with Gasteiger partial charge in [-0.3, -0.25) is 0 Å². The fourth-order valence-electron chi connectivity index (χ4n) is 1.88. The third-order valence-electron chi connectivity index (χ3n) is 2.78. The topological polar surface area (TPSA) is 68.2 Å². The average molecular weight is 329 g/mol. The van der Waals surface area contributed by atoms with Gasteiger partial charge in [-0.1, -0.05) is 23.2 Å². The van der Waals surface area contributed by atoms with Crippen LogP contribution in [0.15, 0.2) is 18.2 Å². The number of nitrogens with one attached hydrogen (secondary N) is 2. The second-order valence-electron chi connectivity index (χ2n) is 4.30. The van der Waals surface area contributed by atoms with E-state index in [2.05, 4.69) is 15.7 Å². The first-order valence-corrected chi connectivity index (χ1v) is 6.78. The van der Waals surface area contributed by atoms with E-state index in [4.69, 9.17) is 27.9 Å². The van der Waals surface area contributed by atoms with Gasteiger partial charge < -0.3 is 15.4 Å². The van der Waals surface area contributed by atoms with E-state index < -0.39 is 6.03 Å². The molecule has 0 atom stereocenters. The molecule has 0 aliphatic rings. The van der Waals surface area contributed by atoms with Gasteiger partial charge >= 0.3 is 6.03 Å². The quantitative estimate of drug-likeness (QED) is 0.902. The predicted octanol–water partition coefficient (Wildman–Crippen LogP) is 3.69. The fourth-order valence-corrected chi connectivity index (χ4v) is 2.21.